The lowest BCUT2D eigenvalue weighted by Gasteiger charge is -2.41. The van der Waals surface area contributed by atoms with Gasteiger partial charge in [0, 0.05) is 96.9 Å². The number of nitrogen functional groups attached to an aromatic ring is 1. The van der Waals surface area contributed by atoms with Gasteiger partial charge in [-0.3, -0.25) is 4.79 Å². The van der Waals surface area contributed by atoms with E-state index in [0.717, 1.165) is 140 Å². The van der Waals surface area contributed by atoms with Gasteiger partial charge in [-0.25, -0.2) is 8.78 Å². The first-order valence-electron chi connectivity index (χ1n) is 20.4. The molecule has 3 N–H and O–H groups in total. The summed E-state index contributed by atoms with van der Waals surface area (Å²) in [5.74, 6) is -0.512. The number of carbonyl (C=O) groups excluding carboxylic acids is 1. The number of halogens is 3. The number of carbonyl (C=O) groups is 1. The molecule has 8 rings (SSSR count). The molecule has 6 aliphatic heterocycles. The van der Waals surface area contributed by atoms with Crippen molar-refractivity contribution < 1.29 is 29.2 Å². The van der Waals surface area contributed by atoms with Crippen LogP contribution in [-0.4, -0.2) is 111 Å². The number of alkyl halides is 1. The molecule has 5 fully saturated rings. The molecule has 0 saturated carbocycles. The summed E-state index contributed by atoms with van der Waals surface area (Å²) in [6, 6.07) is 8.79. The van der Waals surface area contributed by atoms with Crippen molar-refractivity contribution in [3.05, 3.63) is 52.6 Å². The summed E-state index contributed by atoms with van der Waals surface area (Å²) < 4.78 is 49.9. The summed E-state index contributed by atoms with van der Waals surface area (Å²) in [6.45, 7) is 13.5. The van der Waals surface area contributed by atoms with E-state index < -0.39 is 0 Å². The Morgan fingerprint density at radius 3 is 1.75 bits per heavy atom. The minimum absolute atomic E-state index is 0.0546. The molecule has 2 aromatic carbocycles. The molecule has 296 valence electrons. The predicted octanol–water partition coefficient (Wildman–Crippen LogP) is 7.29. The standard InChI is InChI=1S/C19H25FN2O2.C17H26FN3O.C4H8O.CH3I/c1-13-10-17(20)16-12-19(23)22(18(16)11-13)15-2-6-21(7-3-15)14-4-8-24-9-5-14;1-12-10-15(18)17(19)16(11-12)20-13-2-6-21(7-3-13)14-4-8-22-9-5-14;1-2-4-5-3-1;1-2/h10-11,14-15H,2-9,12H2,1H3;10-11,13-14,20H,2-9,19H2,1H3;1-4H2;1H3/i;;;1D. The second-order valence-electron chi connectivity index (χ2n) is 15.1. The third-order valence-corrected chi connectivity index (χ3v) is 11.4. The van der Waals surface area contributed by atoms with Crippen molar-refractivity contribution in [1.29, 1.82) is 0 Å². The van der Waals surface area contributed by atoms with E-state index in [1.54, 1.807) is 0 Å². The second kappa shape index (κ2) is 21.3. The van der Waals surface area contributed by atoms with E-state index in [9.17, 15) is 13.6 Å². The molecular formula is C41H62F2IN5O4. The highest BCUT2D eigenvalue weighted by Crippen LogP contribution is 2.36. The highest BCUT2D eigenvalue weighted by molar-refractivity contribution is 14.1. The smallest absolute Gasteiger partial charge is 0.231 e. The molecule has 6 aliphatic rings. The Balaban J connectivity index is 0.000000173. The maximum Gasteiger partial charge on any atom is 0.231 e. The summed E-state index contributed by atoms with van der Waals surface area (Å²) >= 11 is 1.96. The first kappa shape index (κ1) is 40.6. The van der Waals surface area contributed by atoms with Gasteiger partial charge in [0.15, 0.2) is 0 Å². The maximum absolute atomic E-state index is 14.2. The van der Waals surface area contributed by atoms with Gasteiger partial charge in [-0.15, -0.1) is 0 Å². The largest absolute Gasteiger partial charge is 0.395 e. The highest BCUT2D eigenvalue weighted by Gasteiger charge is 2.37. The van der Waals surface area contributed by atoms with Crippen LogP contribution in [0.5, 0.6) is 0 Å². The summed E-state index contributed by atoms with van der Waals surface area (Å²) in [7, 11) is 0. The van der Waals surface area contributed by atoms with Crippen molar-refractivity contribution >= 4 is 45.6 Å². The van der Waals surface area contributed by atoms with Gasteiger partial charge >= 0.3 is 0 Å². The van der Waals surface area contributed by atoms with Gasteiger partial charge in [-0.1, -0.05) is 22.6 Å². The Labute approximate surface area is 331 Å². The number of fused-ring (bicyclic) bond motifs is 1. The number of likely N-dealkylation sites (tertiary alicyclic amines) is 2. The van der Waals surface area contributed by atoms with E-state index in [2.05, 4.69) is 15.1 Å². The number of amides is 1. The van der Waals surface area contributed by atoms with E-state index in [0.29, 0.717) is 28.6 Å². The van der Waals surface area contributed by atoms with Crippen molar-refractivity contribution in [3.8, 4) is 0 Å². The molecule has 6 heterocycles. The van der Waals surface area contributed by atoms with Crippen LogP contribution in [0, 0.1) is 25.5 Å². The third kappa shape index (κ3) is 11.7. The third-order valence-electron chi connectivity index (χ3n) is 11.4. The Bertz CT molecular complexity index is 1450. The molecule has 0 aliphatic carbocycles. The summed E-state index contributed by atoms with van der Waals surface area (Å²) in [5, 5.41) is 3.44. The van der Waals surface area contributed by atoms with E-state index in [4.69, 9.17) is 21.3 Å². The molecule has 0 radical (unpaired) electrons. The van der Waals surface area contributed by atoms with Crippen molar-refractivity contribution in [2.45, 2.75) is 109 Å². The van der Waals surface area contributed by atoms with Crippen LogP contribution in [0.1, 0.15) is 82.3 Å². The van der Waals surface area contributed by atoms with Crippen molar-refractivity contribution in [2.75, 3.05) is 86.7 Å². The minimum atomic E-state index is -0.331. The van der Waals surface area contributed by atoms with Crippen LogP contribution in [0.2, 0.25) is 0 Å². The summed E-state index contributed by atoms with van der Waals surface area (Å²) in [6.07, 6.45) is 11.4. The summed E-state index contributed by atoms with van der Waals surface area (Å²) in [4.78, 5) is 20.0. The van der Waals surface area contributed by atoms with Gasteiger partial charge in [0.05, 0.1) is 23.5 Å². The quantitative estimate of drug-likeness (QED) is 0.184. The lowest BCUT2D eigenvalue weighted by atomic mass is 9.98. The fraction of sp³-hybridized carbons (Fsp3) is 0.683. The fourth-order valence-electron chi connectivity index (χ4n) is 8.54. The number of nitrogens with two attached hydrogens (primary N) is 1. The van der Waals surface area contributed by atoms with Crippen molar-refractivity contribution in [3.63, 3.8) is 0 Å². The van der Waals surface area contributed by atoms with Gasteiger partial charge in [0.2, 0.25) is 5.91 Å². The molecule has 0 unspecified atom stereocenters. The molecule has 2 aromatic rings. The number of hydrogen-bond donors (Lipinski definition) is 2. The second-order valence-corrected chi connectivity index (χ2v) is 15.1. The number of nitrogens with zero attached hydrogens (tertiary/aromatic N) is 3. The van der Waals surface area contributed by atoms with Crippen LogP contribution in [0.15, 0.2) is 24.3 Å². The monoisotopic (exact) mass is 854 g/mol. The van der Waals surface area contributed by atoms with Crippen LogP contribution >= 0.6 is 22.6 Å². The zero-order valence-corrected chi connectivity index (χ0v) is 34.0. The minimum Gasteiger partial charge on any atom is -0.395 e. The van der Waals surface area contributed by atoms with Gasteiger partial charge in [-0.2, -0.15) is 0 Å². The van der Waals surface area contributed by atoms with Gasteiger partial charge in [0.1, 0.15) is 11.6 Å². The van der Waals surface area contributed by atoms with Crippen molar-refractivity contribution in [2.24, 2.45) is 0 Å². The highest BCUT2D eigenvalue weighted by atomic mass is 127. The number of benzene rings is 2. The fourth-order valence-corrected chi connectivity index (χ4v) is 8.54. The Morgan fingerprint density at radius 2 is 1.23 bits per heavy atom. The van der Waals surface area contributed by atoms with Crippen LogP contribution < -0.4 is 16.0 Å². The summed E-state index contributed by atoms with van der Waals surface area (Å²) in [5.41, 5.74) is 9.99. The molecule has 1 amide bonds. The number of anilines is 3. The molecule has 0 aromatic heterocycles. The van der Waals surface area contributed by atoms with E-state index >= 15 is 0 Å². The first-order valence-corrected chi connectivity index (χ1v) is 21.2. The molecule has 5 saturated heterocycles. The maximum atomic E-state index is 14.2. The SMILES string of the molecule is C1CCOC1.Cc1cc(F)c(N)c(NC2CCN(C3CCOCC3)CC2)c1.Cc1cc(F)c2c(c1)N(C1CCN(C3CCOCC3)CC1)C(=O)C2.[2H]CI. The zero-order chi connectivity index (χ0) is 38.5. The van der Waals surface area contributed by atoms with E-state index in [1.807, 2.05) is 53.5 Å². The number of ether oxygens (including phenoxy) is 3. The molecule has 0 atom stereocenters. The van der Waals surface area contributed by atoms with Gasteiger partial charge in [-0.05, 0) is 118 Å². The molecule has 9 nitrogen and oxygen atoms in total. The van der Waals surface area contributed by atoms with Gasteiger partial charge < -0.3 is 40.0 Å². The number of piperidine rings is 2. The lowest BCUT2D eigenvalue weighted by molar-refractivity contribution is -0.118. The van der Waals surface area contributed by atoms with E-state index in [-0.39, 0.29) is 35.7 Å². The van der Waals surface area contributed by atoms with Gasteiger partial charge in [0.25, 0.3) is 0 Å². The molecule has 0 spiro atoms. The zero-order valence-electron chi connectivity index (χ0n) is 32.9. The van der Waals surface area contributed by atoms with E-state index in [1.165, 1.54) is 25.0 Å². The number of hydrogen-bond acceptors (Lipinski definition) is 8. The number of rotatable bonds is 5. The Morgan fingerprint density at radius 1 is 0.736 bits per heavy atom. The molecule has 53 heavy (non-hydrogen) atoms. The van der Waals surface area contributed by atoms with Crippen LogP contribution in [0.4, 0.5) is 25.8 Å². The Hall–Kier alpha value is -2.10. The topological polar surface area (TPSA) is 92.5 Å². The normalized spacial score (nSPS) is 22.5. The number of aryl methyl sites for hydroxylation is 2. The van der Waals surface area contributed by atoms with Crippen LogP contribution in [0.3, 0.4) is 0 Å². The predicted molar refractivity (Wildman–Crippen MR) is 218 cm³/mol. The molecular weight excluding hydrogens is 791 g/mol. The molecule has 0 bridgehead atoms. The first-order chi connectivity index (χ1) is 26.2. The van der Waals surface area contributed by atoms with Crippen molar-refractivity contribution in [1.82, 2.24) is 9.80 Å². The average molecular weight is 855 g/mol. The average Bonchev–Trinajstić information content (AvgIpc) is 3.88. The lowest BCUT2D eigenvalue weighted by Crippen LogP contribution is -2.50. The number of nitrogens with one attached hydrogen (secondary N) is 1. The van der Waals surface area contributed by atoms with Crippen LogP contribution in [-0.2, 0) is 25.4 Å². The Kier molecular flexibility index (Phi) is 16.3. The molecule has 12 heteroatoms. The van der Waals surface area contributed by atoms with Crippen LogP contribution in [0.25, 0.3) is 0 Å².